The monoisotopic (exact) mass is 393 g/mol. The van der Waals surface area contributed by atoms with Crippen LogP contribution in [0, 0.1) is 0 Å². The Morgan fingerprint density at radius 1 is 1.11 bits per heavy atom. The minimum absolute atomic E-state index is 0.0894. The summed E-state index contributed by atoms with van der Waals surface area (Å²) in [6, 6.07) is 7.02. The lowest BCUT2D eigenvalue weighted by Crippen LogP contribution is -2.24. The molecule has 27 heavy (non-hydrogen) atoms. The van der Waals surface area contributed by atoms with E-state index < -0.39 is 17.8 Å². The highest BCUT2D eigenvalue weighted by Gasteiger charge is 2.41. The molecule has 0 saturated heterocycles. The van der Waals surface area contributed by atoms with Crippen LogP contribution < -0.4 is 4.74 Å². The lowest BCUT2D eigenvalue weighted by molar-refractivity contribution is -0.274. The molecule has 1 aromatic heterocycles. The first kappa shape index (κ1) is 18.1. The van der Waals surface area contributed by atoms with Crippen molar-refractivity contribution >= 4 is 11.8 Å². The van der Waals surface area contributed by atoms with Gasteiger partial charge in [0.05, 0.1) is 0 Å². The van der Waals surface area contributed by atoms with Gasteiger partial charge in [-0.05, 0) is 48.7 Å². The van der Waals surface area contributed by atoms with Crippen molar-refractivity contribution in [2.24, 2.45) is 0 Å². The van der Waals surface area contributed by atoms with E-state index in [0.29, 0.717) is 10.5 Å². The Bertz CT molecular complexity index is 923. The Morgan fingerprint density at radius 3 is 2.63 bits per heavy atom. The molecular formula is C20H15F4NOS. The average molecular weight is 393 g/mol. The van der Waals surface area contributed by atoms with Crippen molar-refractivity contribution in [2.75, 3.05) is 0 Å². The molecule has 1 unspecified atom stereocenters. The number of ether oxygens (including phenoxy) is 1. The number of rotatable bonds is 2. The molecule has 7 heteroatoms. The minimum atomic E-state index is -4.83. The highest BCUT2D eigenvalue weighted by atomic mass is 32.2. The average Bonchev–Trinajstić information content (AvgIpc) is 2.76. The van der Waals surface area contributed by atoms with Crippen LogP contribution in [0.15, 0.2) is 70.3 Å². The SMILES string of the molecule is FC(F)(F)Oc1ccc2c(c1)C(F)(c1ccncc1)CC1=C(C=CCC1)S2. The van der Waals surface area contributed by atoms with Gasteiger partial charge < -0.3 is 4.74 Å². The van der Waals surface area contributed by atoms with E-state index in [1.807, 2.05) is 12.2 Å². The van der Waals surface area contributed by atoms with Crippen LogP contribution in [-0.2, 0) is 5.67 Å². The van der Waals surface area contributed by atoms with Crippen molar-refractivity contribution in [3.05, 3.63) is 76.5 Å². The van der Waals surface area contributed by atoms with Crippen molar-refractivity contribution in [3.63, 3.8) is 0 Å². The number of benzene rings is 1. The number of hydrogen-bond acceptors (Lipinski definition) is 3. The van der Waals surface area contributed by atoms with Crippen molar-refractivity contribution < 1.29 is 22.3 Å². The van der Waals surface area contributed by atoms with Crippen LogP contribution in [0.1, 0.15) is 30.4 Å². The molecule has 1 aromatic carbocycles. The summed E-state index contributed by atoms with van der Waals surface area (Å²) < 4.78 is 58.5. The second-order valence-electron chi connectivity index (χ2n) is 6.43. The highest BCUT2D eigenvalue weighted by molar-refractivity contribution is 8.03. The fraction of sp³-hybridized carbons (Fsp3) is 0.250. The maximum Gasteiger partial charge on any atom is 0.573 e. The van der Waals surface area contributed by atoms with Gasteiger partial charge in [-0.25, -0.2) is 4.39 Å². The molecule has 0 fully saturated rings. The first-order chi connectivity index (χ1) is 12.9. The minimum Gasteiger partial charge on any atom is -0.406 e. The standard InChI is InChI=1S/C20H15F4NOS/c21-19(14-7-9-25-10-8-14)12-13-3-1-2-4-17(13)27-18-6-5-15(11-16(18)19)26-20(22,23)24/h2,4-11H,1,3,12H2. The van der Waals surface area contributed by atoms with E-state index in [1.54, 1.807) is 12.1 Å². The molecule has 1 aliphatic carbocycles. The Balaban J connectivity index is 1.88. The second kappa shape index (κ2) is 6.71. The summed E-state index contributed by atoms with van der Waals surface area (Å²) in [6.07, 6.45) is 3.78. The van der Waals surface area contributed by atoms with E-state index in [9.17, 15) is 13.2 Å². The van der Waals surface area contributed by atoms with E-state index in [1.165, 1.54) is 42.4 Å². The summed E-state index contributed by atoms with van der Waals surface area (Å²) in [6.45, 7) is 0. The number of hydrogen-bond donors (Lipinski definition) is 0. The summed E-state index contributed by atoms with van der Waals surface area (Å²) in [4.78, 5) is 5.47. The molecule has 1 atom stereocenters. The number of nitrogens with zero attached hydrogens (tertiary/aromatic N) is 1. The maximum atomic E-state index is 16.5. The van der Waals surface area contributed by atoms with E-state index in [0.717, 1.165) is 23.3 Å². The quantitative estimate of drug-likeness (QED) is 0.560. The fourth-order valence-corrected chi connectivity index (χ4v) is 4.64. The van der Waals surface area contributed by atoms with Crippen LogP contribution in [0.4, 0.5) is 17.6 Å². The molecule has 0 N–H and O–H groups in total. The fourth-order valence-electron chi connectivity index (χ4n) is 3.46. The van der Waals surface area contributed by atoms with Gasteiger partial charge in [0.1, 0.15) is 5.75 Å². The van der Waals surface area contributed by atoms with Gasteiger partial charge in [-0.1, -0.05) is 29.5 Å². The molecule has 140 valence electrons. The molecule has 0 bridgehead atoms. The number of halogens is 4. The molecule has 0 radical (unpaired) electrons. The van der Waals surface area contributed by atoms with Gasteiger partial charge in [0, 0.05) is 34.2 Å². The van der Waals surface area contributed by atoms with Crippen molar-refractivity contribution in [2.45, 2.75) is 36.2 Å². The smallest absolute Gasteiger partial charge is 0.406 e. The molecule has 2 aromatic rings. The van der Waals surface area contributed by atoms with Gasteiger partial charge in [0.25, 0.3) is 0 Å². The summed E-state index contributed by atoms with van der Waals surface area (Å²) in [5.74, 6) is -0.423. The van der Waals surface area contributed by atoms with Crippen molar-refractivity contribution in [1.82, 2.24) is 4.98 Å². The van der Waals surface area contributed by atoms with Gasteiger partial charge in [0.2, 0.25) is 0 Å². The van der Waals surface area contributed by atoms with Gasteiger partial charge in [-0.3, -0.25) is 4.98 Å². The molecule has 1 aliphatic heterocycles. The summed E-state index contributed by atoms with van der Waals surface area (Å²) in [5, 5.41) is 0. The van der Waals surface area contributed by atoms with Crippen LogP contribution >= 0.6 is 11.8 Å². The topological polar surface area (TPSA) is 22.1 Å². The zero-order valence-electron chi connectivity index (χ0n) is 14.1. The van der Waals surface area contributed by atoms with E-state index >= 15 is 4.39 Å². The Hall–Kier alpha value is -2.28. The largest absolute Gasteiger partial charge is 0.573 e. The zero-order valence-corrected chi connectivity index (χ0v) is 14.9. The zero-order chi connectivity index (χ0) is 19.1. The third kappa shape index (κ3) is 3.60. The summed E-state index contributed by atoms with van der Waals surface area (Å²) in [7, 11) is 0. The second-order valence-corrected chi connectivity index (χ2v) is 7.51. The van der Waals surface area contributed by atoms with Gasteiger partial charge in [-0.2, -0.15) is 0 Å². The molecule has 2 heterocycles. The number of fused-ring (bicyclic) bond motifs is 1. The third-order valence-electron chi connectivity index (χ3n) is 4.66. The Kier molecular flexibility index (Phi) is 4.50. The van der Waals surface area contributed by atoms with Crippen LogP contribution in [0.25, 0.3) is 0 Å². The molecule has 2 aliphatic rings. The van der Waals surface area contributed by atoms with Gasteiger partial charge in [0.15, 0.2) is 5.67 Å². The highest BCUT2D eigenvalue weighted by Crippen LogP contribution is 2.52. The Labute approximate surface area is 158 Å². The van der Waals surface area contributed by atoms with Crippen molar-refractivity contribution in [1.29, 1.82) is 0 Å². The molecule has 4 rings (SSSR count). The van der Waals surface area contributed by atoms with E-state index in [4.69, 9.17) is 0 Å². The number of allylic oxidation sites excluding steroid dienone is 3. The first-order valence-electron chi connectivity index (χ1n) is 8.41. The summed E-state index contributed by atoms with van der Waals surface area (Å²) >= 11 is 1.39. The van der Waals surface area contributed by atoms with Crippen LogP contribution in [-0.4, -0.2) is 11.3 Å². The normalized spacial score (nSPS) is 22.1. The van der Waals surface area contributed by atoms with Crippen LogP contribution in [0.2, 0.25) is 0 Å². The molecular weight excluding hydrogens is 378 g/mol. The molecule has 2 nitrogen and oxygen atoms in total. The maximum absolute atomic E-state index is 16.5. The first-order valence-corrected chi connectivity index (χ1v) is 9.23. The predicted molar refractivity (Wildman–Crippen MR) is 95.1 cm³/mol. The molecule has 0 spiro atoms. The molecule has 0 amide bonds. The van der Waals surface area contributed by atoms with Gasteiger partial charge in [-0.15, -0.1) is 13.2 Å². The van der Waals surface area contributed by atoms with Gasteiger partial charge >= 0.3 is 6.36 Å². The lowest BCUT2D eigenvalue weighted by atomic mass is 9.81. The predicted octanol–water partition coefficient (Wildman–Crippen LogP) is 6.29. The third-order valence-corrected chi connectivity index (χ3v) is 5.88. The van der Waals surface area contributed by atoms with Crippen LogP contribution in [0.3, 0.4) is 0 Å². The number of aromatic nitrogens is 1. The van der Waals surface area contributed by atoms with Crippen molar-refractivity contribution in [3.8, 4) is 5.75 Å². The number of thioether (sulfide) groups is 1. The Morgan fingerprint density at radius 2 is 1.89 bits per heavy atom. The molecule has 0 saturated carbocycles. The van der Waals surface area contributed by atoms with E-state index in [2.05, 4.69) is 9.72 Å². The van der Waals surface area contributed by atoms with Crippen LogP contribution in [0.5, 0.6) is 5.75 Å². The number of pyridine rings is 1. The summed E-state index contributed by atoms with van der Waals surface area (Å²) in [5.41, 5.74) is -0.440. The number of alkyl halides is 4. The lowest BCUT2D eigenvalue weighted by Gasteiger charge is -2.28. The van der Waals surface area contributed by atoms with E-state index in [-0.39, 0.29) is 12.0 Å².